The molecule has 0 bridgehead atoms. The Morgan fingerprint density at radius 1 is 1.23 bits per heavy atom. The maximum Gasteiger partial charge on any atom is 0.310 e. The Bertz CT molecular complexity index is 1430. The third kappa shape index (κ3) is 6.16. The van der Waals surface area contributed by atoms with E-state index in [0.717, 1.165) is 12.0 Å². The third-order valence-corrected chi connectivity index (χ3v) is 8.63. The number of pyridine rings is 1. The molecule has 1 unspecified atom stereocenters. The predicted octanol–water partition coefficient (Wildman–Crippen LogP) is 4.66. The summed E-state index contributed by atoms with van der Waals surface area (Å²) in [6.45, 7) is 7.71. The second-order valence-corrected chi connectivity index (χ2v) is 11.6. The minimum absolute atomic E-state index is 0.0574. The molecule has 1 amide bonds. The van der Waals surface area contributed by atoms with Gasteiger partial charge in [-0.2, -0.15) is 5.26 Å². The van der Waals surface area contributed by atoms with Crippen LogP contribution >= 0.6 is 24.0 Å². The average molecular weight is 579 g/mol. The summed E-state index contributed by atoms with van der Waals surface area (Å²) < 4.78 is 7.41. The highest BCUT2D eigenvalue weighted by Crippen LogP contribution is 2.37. The number of hydrogen-bond acceptors (Lipinski definition) is 8. The van der Waals surface area contributed by atoms with Crippen molar-refractivity contribution in [3.8, 4) is 6.07 Å². The number of anilines is 1. The van der Waals surface area contributed by atoms with E-state index < -0.39 is 0 Å². The second-order valence-electron chi connectivity index (χ2n) is 9.91. The molecule has 2 aliphatic heterocycles. The number of thioether (sulfide) groups is 1. The lowest BCUT2D eigenvalue weighted by Crippen LogP contribution is -2.43. The van der Waals surface area contributed by atoms with E-state index in [0.29, 0.717) is 78.2 Å². The van der Waals surface area contributed by atoms with Crippen molar-refractivity contribution in [3.63, 3.8) is 0 Å². The van der Waals surface area contributed by atoms with Crippen LogP contribution in [0, 0.1) is 24.2 Å². The smallest absolute Gasteiger partial charge is 0.310 e. The van der Waals surface area contributed by atoms with E-state index in [1.54, 1.807) is 29.4 Å². The van der Waals surface area contributed by atoms with Crippen molar-refractivity contribution in [2.75, 3.05) is 31.1 Å². The largest absolute Gasteiger partial charge is 0.466 e. The molecule has 8 nitrogen and oxygen atoms in total. The molecule has 3 heterocycles. The molecule has 2 fully saturated rings. The molecule has 1 atom stereocenters. The van der Waals surface area contributed by atoms with Gasteiger partial charge in [0.2, 0.25) is 0 Å². The van der Waals surface area contributed by atoms with Gasteiger partial charge in [0.1, 0.15) is 21.8 Å². The van der Waals surface area contributed by atoms with Crippen LogP contribution in [-0.4, -0.2) is 51.9 Å². The summed E-state index contributed by atoms with van der Waals surface area (Å²) in [6.07, 6.45) is 4.58. The minimum atomic E-state index is -0.359. The van der Waals surface area contributed by atoms with E-state index in [4.69, 9.17) is 17.0 Å². The molecule has 0 aliphatic carbocycles. The molecule has 0 N–H and O–H groups in total. The van der Waals surface area contributed by atoms with Crippen molar-refractivity contribution in [2.45, 2.75) is 53.0 Å². The molecule has 2 saturated heterocycles. The Hall–Kier alpha value is -3.42. The van der Waals surface area contributed by atoms with Gasteiger partial charge in [-0.05, 0) is 56.7 Å². The van der Waals surface area contributed by atoms with Gasteiger partial charge in [-0.15, -0.1) is 0 Å². The van der Waals surface area contributed by atoms with E-state index in [-0.39, 0.29) is 28.9 Å². The SMILES string of the molecule is CCCn1c(N2CCCC(C(=O)OCC)C2)c(/C=C2\SC(=S)N(CCc3ccccc3)C2=O)c(C)c(C#N)c1=O. The van der Waals surface area contributed by atoms with E-state index in [9.17, 15) is 19.6 Å². The Morgan fingerprint density at radius 3 is 2.65 bits per heavy atom. The number of amides is 1. The summed E-state index contributed by atoms with van der Waals surface area (Å²) in [7, 11) is 0. The molecule has 1 aromatic heterocycles. The molecule has 2 aromatic rings. The molecule has 0 radical (unpaired) electrons. The summed E-state index contributed by atoms with van der Waals surface area (Å²) in [5.74, 6) is -0.125. The van der Waals surface area contributed by atoms with E-state index >= 15 is 0 Å². The molecule has 0 saturated carbocycles. The van der Waals surface area contributed by atoms with Gasteiger partial charge in [-0.3, -0.25) is 23.9 Å². The van der Waals surface area contributed by atoms with Gasteiger partial charge in [-0.25, -0.2) is 0 Å². The number of benzene rings is 1. The van der Waals surface area contributed by atoms with Crippen molar-refractivity contribution in [2.24, 2.45) is 5.92 Å². The lowest BCUT2D eigenvalue weighted by atomic mass is 9.96. The van der Waals surface area contributed by atoms with Gasteiger partial charge in [0, 0.05) is 31.7 Å². The number of thiocarbonyl (C=S) groups is 1. The number of piperidine rings is 1. The van der Waals surface area contributed by atoms with Crippen molar-refractivity contribution in [1.82, 2.24) is 9.47 Å². The van der Waals surface area contributed by atoms with Gasteiger partial charge in [0.25, 0.3) is 11.5 Å². The number of ether oxygens (including phenoxy) is 1. The number of rotatable bonds is 9. The summed E-state index contributed by atoms with van der Waals surface area (Å²) in [5, 5.41) is 9.91. The Kier molecular flexibility index (Phi) is 9.82. The highest BCUT2D eigenvalue weighted by molar-refractivity contribution is 8.26. The zero-order valence-corrected chi connectivity index (χ0v) is 24.8. The number of hydrogen-bond donors (Lipinski definition) is 0. The Morgan fingerprint density at radius 2 is 1.98 bits per heavy atom. The summed E-state index contributed by atoms with van der Waals surface area (Å²) >= 11 is 6.81. The topological polar surface area (TPSA) is 95.6 Å². The number of aromatic nitrogens is 1. The van der Waals surface area contributed by atoms with Crippen LogP contribution in [0.15, 0.2) is 40.0 Å². The molecule has 1 aromatic carbocycles. The van der Waals surface area contributed by atoms with Crippen molar-refractivity contribution in [1.29, 1.82) is 5.26 Å². The number of nitriles is 1. The van der Waals surface area contributed by atoms with E-state index in [2.05, 4.69) is 6.07 Å². The molecule has 2 aliphatic rings. The van der Waals surface area contributed by atoms with Crippen LogP contribution in [0.5, 0.6) is 0 Å². The zero-order valence-electron chi connectivity index (χ0n) is 23.1. The van der Waals surface area contributed by atoms with Crippen LogP contribution in [0.4, 0.5) is 5.82 Å². The lowest BCUT2D eigenvalue weighted by Gasteiger charge is -2.36. The van der Waals surface area contributed by atoms with Crippen molar-refractivity contribution >= 4 is 52.1 Å². The van der Waals surface area contributed by atoms with Crippen LogP contribution in [-0.2, 0) is 27.3 Å². The van der Waals surface area contributed by atoms with Crippen LogP contribution in [0.3, 0.4) is 0 Å². The van der Waals surface area contributed by atoms with Crippen LogP contribution < -0.4 is 10.5 Å². The monoisotopic (exact) mass is 578 g/mol. The third-order valence-electron chi connectivity index (χ3n) is 7.25. The molecule has 210 valence electrons. The quantitative estimate of drug-likeness (QED) is 0.241. The number of esters is 1. The van der Waals surface area contributed by atoms with Crippen LogP contribution in [0.25, 0.3) is 6.08 Å². The summed E-state index contributed by atoms with van der Waals surface area (Å²) in [4.78, 5) is 43.7. The van der Waals surface area contributed by atoms with Gasteiger partial charge < -0.3 is 9.64 Å². The predicted molar refractivity (Wildman–Crippen MR) is 162 cm³/mol. The van der Waals surface area contributed by atoms with E-state index in [1.165, 1.54) is 11.8 Å². The highest BCUT2D eigenvalue weighted by Gasteiger charge is 2.34. The van der Waals surface area contributed by atoms with Crippen LogP contribution in [0.1, 0.15) is 55.4 Å². The summed E-state index contributed by atoms with van der Waals surface area (Å²) in [6, 6.07) is 12.0. The normalized spacial score (nSPS) is 18.4. The first-order valence-corrected chi connectivity index (χ1v) is 14.9. The standard InChI is InChI=1S/C30H34N4O4S2/c1-4-14-33-26(32-15-9-12-22(19-32)29(37)38-5-2)23(20(3)24(18-31)27(33)35)17-25-28(36)34(30(39)40-25)16-13-21-10-7-6-8-11-21/h6-8,10-11,17,22H,4-5,9,12-16,19H2,1-3H3/b25-17-. The first-order valence-electron chi connectivity index (χ1n) is 13.7. The first kappa shape index (κ1) is 29.6. The fraction of sp³-hybridized carbons (Fsp3) is 0.433. The molecule has 10 heteroatoms. The minimum Gasteiger partial charge on any atom is -0.466 e. The van der Waals surface area contributed by atoms with Gasteiger partial charge in [0.15, 0.2) is 0 Å². The maximum absolute atomic E-state index is 13.5. The molecular formula is C30H34N4O4S2. The lowest BCUT2D eigenvalue weighted by molar-refractivity contribution is -0.148. The zero-order chi connectivity index (χ0) is 28.8. The maximum atomic E-state index is 13.5. The molecular weight excluding hydrogens is 544 g/mol. The number of nitrogens with zero attached hydrogens (tertiary/aromatic N) is 4. The Labute approximate surface area is 244 Å². The fourth-order valence-corrected chi connectivity index (χ4v) is 6.54. The average Bonchev–Trinajstić information content (AvgIpc) is 3.22. The van der Waals surface area contributed by atoms with Gasteiger partial charge in [-0.1, -0.05) is 61.2 Å². The first-order chi connectivity index (χ1) is 19.3. The Balaban J connectivity index is 1.76. The molecule has 4 rings (SSSR count). The van der Waals surface area contributed by atoms with Crippen LogP contribution in [0.2, 0.25) is 0 Å². The van der Waals surface area contributed by atoms with E-state index in [1.807, 2.05) is 42.2 Å². The van der Waals surface area contributed by atoms with Crippen molar-refractivity contribution in [3.05, 3.63) is 67.8 Å². The van der Waals surface area contributed by atoms with Crippen molar-refractivity contribution < 1.29 is 14.3 Å². The number of carbonyl (C=O) groups is 2. The molecule has 0 spiro atoms. The fourth-order valence-electron chi connectivity index (χ4n) is 5.25. The van der Waals surface area contributed by atoms with Gasteiger partial charge >= 0.3 is 5.97 Å². The summed E-state index contributed by atoms with van der Waals surface area (Å²) in [5.41, 5.74) is 1.97. The second kappa shape index (κ2) is 13.3. The van der Waals surface area contributed by atoms with Gasteiger partial charge in [0.05, 0.1) is 17.4 Å². The highest BCUT2D eigenvalue weighted by atomic mass is 32.2. The molecule has 40 heavy (non-hydrogen) atoms. The number of carbonyl (C=O) groups excluding carboxylic acids is 2.